The minimum Gasteiger partial charge on any atom is -0.469 e. The van der Waals surface area contributed by atoms with Gasteiger partial charge in [-0.3, -0.25) is 0 Å². The first-order valence-corrected chi connectivity index (χ1v) is 8.21. The largest absolute Gasteiger partial charge is 0.469 e. The lowest BCUT2D eigenvalue weighted by Crippen LogP contribution is -2.40. The molecule has 23 heavy (non-hydrogen) atoms. The number of hydrogen-bond acceptors (Lipinski definition) is 3. The molecule has 0 spiro atoms. The summed E-state index contributed by atoms with van der Waals surface area (Å²) in [5.41, 5.74) is 1.11. The lowest BCUT2D eigenvalue weighted by Gasteiger charge is -2.22. The minimum atomic E-state index is 0. The number of likely N-dealkylation sites (N-methyl/N-ethyl adjacent to an activating group) is 1. The van der Waals surface area contributed by atoms with E-state index in [2.05, 4.69) is 34.3 Å². The first-order valence-electron chi connectivity index (χ1n) is 7.33. The molecule has 0 aliphatic heterocycles. The molecule has 0 saturated heterocycles. The van der Waals surface area contributed by atoms with Gasteiger partial charge in [0.25, 0.3) is 0 Å². The van der Waals surface area contributed by atoms with Crippen molar-refractivity contribution in [3.05, 3.63) is 58.7 Å². The van der Waals surface area contributed by atoms with E-state index in [0.29, 0.717) is 6.54 Å². The standard InChI is InChI=1S/C17H23N3OS.HI/c1-14(2)13-20(3)17(19-12-16-7-5-11-22-16)18-9-8-15-6-4-10-21-15;/h4-7,10-11H,1,8-9,12-13H2,2-3H3,(H,18,19);1H. The molecule has 2 heterocycles. The monoisotopic (exact) mass is 445 g/mol. The molecular weight excluding hydrogens is 421 g/mol. The van der Waals surface area contributed by atoms with Crippen molar-refractivity contribution in [1.82, 2.24) is 10.2 Å². The summed E-state index contributed by atoms with van der Waals surface area (Å²) in [6.07, 6.45) is 2.54. The van der Waals surface area contributed by atoms with Gasteiger partial charge in [0.1, 0.15) is 5.76 Å². The van der Waals surface area contributed by atoms with Gasteiger partial charge in [0.05, 0.1) is 12.8 Å². The number of nitrogens with zero attached hydrogens (tertiary/aromatic N) is 2. The second kappa shape index (κ2) is 10.5. The van der Waals surface area contributed by atoms with E-state index in [1.165, 1.54) is 4.88 Å². The first kappa shape index (κ1) is 19.8. The van der Waals surface area contributed by atoms with Gasteiger partial charge in [-0.15, -0.1) is 35.3 Å². The van der Waals surface area contributed by atoms with Crippen LogP contribution in [0.5, 0.6) is 0 Å². The molecule has 0 amide bonds. The van der Waals surface area contributed by atoms with Crippen molar-refractivity contribution in [1.29, 1.82) is 0 Å². The van der Waals surface area contributed by atoms with E-state index in [1.54, 1.807) is 17.6 Å². The van der Waals surface area contributed by atoms with Crippen LogP contribution in [-0.4, -0.2) is 31.0 Å². The summed E-state index contributed by atoms with van der Waals surface area (Å²) >= 11 is 1.73. The van der Waals surface area contributed by atoms with Gasteiger partial charge in [0.2, 0.25) is 0 Å². The van der Waals surface area contributed by atoms with Crippen LogP contribution in [0.1, 0.15) is 17.6 Å². The maximum absolute atomic E-state index is 5.35. The third kappa shape index (κ3) is 7.22. The Balaban J connectivity index is 0.00000264. The highest BCUT2D eigenvalue weighted by Gasteiger charge is 2.07. The van der Waals surface area contributed by atoms with Crippen LogP contribution in [-0.2, 0) is 13.0 Å². The summed E-state index contributed by atoms with van der Waals surface area (Å²) < 4.78 is 5.35. The Hall–Kier alpha value is -1.28. The van der Waals surface area contributed by atoms with Crippen molar-refractivity contribution in [2.24, 2.45) is 4.99 Å². The number of rotatable bonds is 7. The molecule has 4 nitrogen and oxygen atoms in total. The van der Waals surface area contributed by atoms with Crippen LogP contribution in [0.25, 0.3) is 0 Å². The molecule has 2 rings (SSSR count). The molecule has 1 N–H and O–H groups in total. The smallest absolute Gasteiger partial charge is 0.194 e. The van der Waals surface area contributed by atoms with Gasteiger partial charge in [-0.25, -0.2) is 4.99 Å². The van der Waals surface area contributed by atoms with E-state index >= 15 is 0 Å². The average Bonchev–Trinajstić information content (AvgIpc) is 3.14. The van der Waals surface area contributed by atoms with Crippen LogP contribution in [0.2, 0.25) is 0 Å². The maximum atomic E-state index is 5.35. The van der Waals surface area contributed by atoms with E-state index in [4.69, 9.17) is 9.41 Å². The Labute approximate surface area is 159 Å². The number of aliphatic imine (C=N–C) groups is 1. The summed E-state index contributed by atoms with van der Waals surface area (Å²) in [5, 5.41) is 5.48. The second-order valence-corrected chi connectivity index (χ2v) is 6.32. The Morgan fingerprint density at radius 1 is 1.39 bits per heavy atom. The predicted molar refractivity (Wildman–Crippen MR) is 109 cm³/mol. The fourth-order valence-corrected chi connectivity index (χ4v) is 2.73. The van der Waals surface area contributed by atoms with Gasteiger partial charge in [0, 0.05) is 31.4 Å². The average molecular weight is 445 g/mol. The first-order chi connectivity index (χ1) is 10.6. The molecule has 0 saturated carbocycles. The molecule has 0 atom stereocenters. The summed E-state index contributed by atoms with van der Waals surface area (Å²) in [7, 11) is 2.03. The summed E-state index contributed by atoms with van der Waals surface area (Å²) in [6, 6.07) is 8.06. The van der Waals surface area contributed by atoms with Crippen molar-refractivity contribution < 1.29 is 4.42 Å². The molecule has 0 aromatic carbocycles. The van der Waals surface area contributed by atoms with Crippen LogP contribution in [0.4, 0.5) is 0 Å². The predicted octanol–water partition coefficient (Wildman–Crippen LogP) is 4.16. The van der Waals surface area contributed by atoms with Crippen molar-refractivity contribution in [2.75, 3.05) is 20.1 Å². The zero-order valence-electron chi connectivity index (χ0n) is 13.6. The molecule has 0 aliphatic carbocycles. The summed E-state index contributed by atoms with van der Waals surface area (Å²) in [6.45, 7) is 8.27. The van der Waals surface area contributed by atoms with E-state index in [1.807, 2.05) is 26.1 Å². The Morgan fingerprint density at radius 2 is 2.22 bits per heavy atom. The summed E-state index contributed by atoms with van der Waals surface area (Å²) in [5.74, 6) is 1.87. The molecule has 0 aliphatic rings. The highest BCUT2D eigenvalue weighted by atomic mass is 127. The van der Waals surface area contributed by atoms with Gasteiger partial charge >= 0.3 is 0 Å². The zero-order chi connectivity index (χ0) is 15.8. The molecule has 6 heteroatoms. The number of guanidine groups is 1. The molecular formula is C17H24IN3OS. The molecule has 0 fully saturated rings. The number of nitrogens with one attached hydrogen (secondary N) is 1. The van der Waals surface area contributed by atoms with Crippen molar-refractivity contribution >= 4 is 41.3 Å². The van der Waals surface area contributed by atoms with Crippen LogP contribution in [0, 0.1) is 0 Å². The lowest BCUT2D eigenvalue weighted by molar-refractivity contribution is 0.493. The van der Waals surface area contributed by atoms with Gasteiger partial charge in [0.15, 0.2) is 5.96 Å². The molecule has 2 aromatic rings. The van der Waals surface area contributed by atoms with E-state index in [-0.39, 0.29) is 24.0 Å². The molecule has 0 radical (unpaired) electrons. The number of thiophene rings is 1. The lowest BCUT2D eigenvalue weighted by atomic mass is 10.3. The van der Waals surface area contributed by atoms with Crippen molar-refractivity contribution in [3.63, 3.8) is 0 Å². The van der Waals surface area contributed by atoms with E-state index < -0.39 is 0 Å². The SMILES string of the molecule is C=C(C)CN(C)C(=NCc1cccs1)NCCc1ccco1.I. The van der Waals surface area contributed by atoms with Crippen LogP contribution in [0.3, 0.4) is 0 Å². The summed E-state index contributed by atoms with van der Waals surface area (Å²) in [4.78, 5) is 8.06. The zero-order valence-corrected chi connectivity index (χ0v) is 16.8. The fraction of sp³-hybridized carbons (Fsp3) is 0.353. The highest BCUT2D eigenvalue weighted by molar-refractivity contribution is 14.0. The van der Waals surface area contributed by atoms with Crippen LogP contribution >= 0.6 is 35.3 Å². The Bertz CT molecular complexity index is 593. The Morgan fingerprint density at radius 3 is 2.83 bits per heavy atom. The highest BCUT2D eigenvalue weighted by Crippen LogP contribution is 2.10. The van der Waals surface area contributed by atoms with Crippen LogP contribution in [0.15, 0.2) is 57.5 Å². The van der Waals surface area contributed by atoms with Crippen molar-refractivity contribution in [2.45, 2.75) is 19.9 Å². The topological polar surface area (TPSA) is 40.8 Å². The molecule has 2 aromatic heterocycles. The number of hydrogen-bond donors (Lipinski definition) is 1. The third-order valence-corrected chi connectivity index (χ3v) is 3.93. The number of furan rings is 1. The van der Waals surface area contributed by atoms with Crippen LogP contribution < -0.4 is 5.32 Å². The quantitative estimate of drug-likeness (QED) is 0.301. The fourth-order valence-electron chi connectivity index (χ4n) is 2.10. The van der Waals surface area contributed by atoms with E-state index in [9.17, 15) is 0 Å². The molecule has 126 valence electrons. The van der Waals surface area contributed by atoms with E-state index in [0.717, 1.165) is 36.8 Å². The molecule has 0 bridgehead atoms. The third-order valence-electron chi connectivity index (χ3n) is 3.07. The van der Waals surface area contributed by atoms with Gasteiger partial charge in [-0.1, -0.05) is 18.2 Å². The second-order valence-electron chi connectivity index (χ2n) is 5.29. The maximum Gasteiger partial charge on any atom is 0.194 e. The normalized spacial score (nSPS) is 11.0. The molecule has 0 unspecified atom stereocenters. The Kier molecular flexibility index (Phi) is 9.01. The van der Waals surface area contributed by atoms with Gasteiger partial charge in [-0.05, 0) is 30.5 Å². The number of halogens is 1. The van der Waals surface area contributed by atoms with Gasteiger partial charge in [-0.2, -0.15) is 0 Å². The van der Waals surface area contributed by atoms with Crippen molar-refractivity contribution in [3.8, 4) is 0 Å². The minimum absolute atomic E-state index is 0. The van der Waals surface area contributed by atoms with Gasteiger partial charge < -0.3 is 14.6 Å².